The molecule has 0 aliphatic carbocycles. The van der Waals surface area contributed by atoms with E-state index < -0.39 is 0 Å². The zero-order valence-electron chi connectivity index (χ0n) is 12.5. The van der Waals surface area contributed by atoms with Crippen LogP contribution in [0.5, 0.6) is 0 Å². The lowest BCUT2D eigenvalue weighted by Crippen LogP contribution is -2.23. The minimum absolute atomic E-state index is 0.101. The van der Waals surface area contributed by atoms with Crippen molar-refractivity contribution in [2.45, 2.75) is 40.0 Å². The molecule has 0 bridgehead atoms. The van der Waals surface area contributed by atoms with E-state index in [1.165, 1.54) is 25.5 Å². The number of aromatic nitrogens is 1. The van der Waals surface area contributed by atoms with Crippen molar-refractivity contribution in [3.05, 3.63) is 27.9 Å². The Morgan fingerprint density at radius 2 is 2.20 bits per heavy atom. The summed E-state index contributed by atoms with van der Waals surface area (Å²) in [7, 11) is 0. The van der Waals surface area contributed by atoms with Gasteiger partial charge in [-0.25, -0.2) is 4.98 Å². The van der Waals surface area contributed by atoms with E-state index in [-0.39, 0.29) is 10.6 Å². The van der Waals surface area contributed by atoms with Crippen LogP contribution in [0.4, 0.5) is 11.5 Å². The Morgan fingerprint density at radius 1 is 1.50 bits per heavy atom. The van der Waals surface area contributed by atoms with E-state index in [2.05, 4.69) is 23.7 Å². The third-order valence-corrected chi connectivity index (χ3v) is 4.53. The Morgan fingerprint density at radius 3 is 2.75 bits per heavy atom. The van der Waals surface area contributed by atoms with Gasteiger partial charge < -0.3 is 4.90 Å². The van der Waals surface area contributed by atoms with Crippen molar-refractivity contribution in [1.29, 1.82) is 0 Å². The average molecular weight is 277 g/mol. The zero-order valence-corrected chi connectivity index (χ0v) is 12.5. The topological polar surface area (TPSA) is 59.3 Å². The quantitative estimate of drug-likeness (QED) is 0.610. The predicted molar refractivity (Wildman–Crippen MR) is 80.0 cm³/mol. The summed E-state index contributed by atoms with van der Waals surface area (Å²) in [5.74, 6) is 2.38. The van der Waals surface area contributed by atoms with Gasteiger partial charge in [-0.3, -0.25) is 10.1 Å². The lowest BCUT2D eigenvalue weighted by atomic mass is 9.87. The molecule has 1 saturated heterocycles. The number of rotatable bonds is 5. The Bertz CT molecular complexity index is 486. The van der Waals surface area contributed by atoms with Crippen LogP contribution in [0, 0.1) is 28.9 Å². The molecule has 110 valence electrons. The number of aryl methyl sites for hydroxylation is 1. The fourth-order valence-electron chi connectivity index (χ4n) is 3.23. The standard InChI is InChI=1S/C15H23N3O2/c1-4-12(5-2)13-6-7-17(10-13)15-8-11(3)14(9-16-15)18(19)20/h8-9,12-13H,4-7,10H2,1-3H3. The van der Waals surface area contributed by atoms with Crippen LogP contribution in [-0.4, -0.2) is 23.0 Å². The summed E-state index contributed by atoms with van der Waals surface area (Å²) in [5, 5.41) is 10.8. The van der Waals surface area contributed by atoms with Gasteiger partial charge in [0.25, 0.3) is 5.69 Å². The Balaban J connectivity index is 2.10. The summed E-state index contributed by atoms with van der Waals surface area (Å²) in [6.45, 7) is 8.32. The lowest BCUT2D eigenvalue weighted by molar-refractivity contribution is -0.385. The van der Waals surface area contributed by atoms with Crippen molar-refractivity contribution in [3.63, 3.8) is 0 Å². The SMILES string of the molecule is CCC(CC)C1CCN(c2cc(C)c([N+](=O)[O-])cn2)C1. The average Bonchev–Trinajstić information content (AvgIpc) is 2.89. The van der Waals surface area contributed by atoms with Crippen LogP contribution in [0.2, 0.25) is 0 Å². The first kappa shape index (κ1) is 14.8. The third-order valence-electron chi connectivity index (χ3n) is 4.53. The van der Waals surface area contributed by atoms with Gasteiger partial charge in [0.1, 0.15) is 12.0 Å². The molecule has 0 aromatic carbocycles. The highest BCUT2D eigenvalue weighted by Gasteiger charge is 2.28. The van der Waals surface area contributed by atoms with Gasteiger partial charge in [-0.05, 0) is 31.2 Å². The Kier molecular flexibility index (Phi) is 4.57. The highest BCUT2D eigenvalue weighted by Crippen LogP contribution is 2.32. The second-order valence-corrected chi connectivity index (χ2v) is 5.66. The number of pyridine rings is 1. The molecule has 1 fully saturated rings. The van der Waals surface area contributed by atoms with E-state index in [9.17, 15) is 10.1 Å². The van der Waals surface area contributed by atoms with Crippen molar-refractivity contribution < 1.29 is 4.92 Å². The van der Waals surface area contributed by atoms with Crippen LogP contribution in [0.3, 0.4) is 0 Å². The predicted octanol–water partition coefficient (Wildman–Crippen LogP) is 3.56. The van der Waals surface area contributed by atoms with Crippen molar-refractivity contribution in [2.24, 2.45) is 11.8 Å². The maximum atomic E-state index is 10.8. The molecule has 1 aromatic rings. The molecule has 0 amide bonds. The minimum Gasteiger partial charge on any atom is -0.356 e. The van der Waals surface area contributed by atoms with Gasteiger partial charge in [-0.2, -0.15) is 0 Å². The zero-order chi connectivity index (χ0) is 14.7. The van der Waals surface area contributed by atoms with E-state index in [0.717, 1.165) is 30.7 Å². The molecule has 20 heavy (non-hydrogen) atoms. The fourth-order valence-corrected chi connectivity index (χ4v) is 3.23. The number of nitrogens with zero attached hydrogens (tertiary/aromatic N) is 3. The van der Waals surface area contributed by atoms with E-state index in [1.54, 1.807) is 6.92 Å². The van der Waals surface area contributed by atoms with E-state index in [4.69, 9.17) is 0 Å². The third kappa shape index (κ3) is 2.92. The van der Waals surface area contributed by atoms with Gasteiger partial charge in [-0.15, -0.1) is 0 Å². The molecule has 2 heterocycles. The molecule has 5 heteroatoms. The molecule has 2 rings (SSSR count). The first-order valence-electron chi connectivity index (χ1n) is 7.42. The van der Waals surface area contributed by atoms with Gasteiger partial charge in [-0.1, -0.05) is 26.7 Å². The van der Waals surface area contributed by atoms with Crippen molar-refractivity contribution in [2.75, 3.05) is 18.0 Å². The van der Waals surface area contributed by atoms with E-state index >= 15 is 0 Å². The monoisotopic (exact) mass is 277 g/mol. The van der Waals surface area contributed by atoms with Gasteiger partial charge in [0.15, 0.2) is 0 Å². The summed E-state index contributed by atoms with van der Waals surface area (Å²) in [6.07, 6.45) is 5.03. The second kappa shape index (κ2) is 6.20. The van der Waals surface area contributed by atoms with Crippen molar-refractivity contribution >= 4 is 11.5 Å². The Hall–Kier alpha value is -1.65. The molecular formula is C15H23N3O2. The molecular weight excluding hydrogens is 254 g/mol. The smallest absolute Gasteiger partial charge is 0.290 e. The van der Waals surface area contributed by atoms with Gasteiger partial charge in [0, 0.05) is 18.7 Å². The molecule has 1 unspecified atom stereocenters. The molecule has 0 spiro atoms. The van der Waals surface area contributed by atoms with Crippen molar-refractivity contribution in [3.8, 4) is 0 Å². The van der Waals surface area contributed by atoms with Crippen molar-refractivity contribution in [1.82, 2.24) is 4.98 Å². The highest BCUT2D eigenvalue weighted by molar-refractivity contribution is 5.49. The van der Waals surface area contributed by atoms with Crippen LogP contribution >= 0.6 is 0 Å². The molecule has 0 saturated carbocycles. The van der Waals surface area contributed by atoms with E-state index in [0.29, 0.717) is 5.56 Å². The van der Waals surface area contributed by atoms with Gasteiger partial charge >= 0.3 is 0 Å². The number of hydrogen-bond donors (Lipinski definition) is 0. The molecule has 5 nitrogen and oxygen atoms in total. The van der Waals surface area contributed by atoms with Crippen LogP contribution in [-0.2, 0) is 0 Å². The molecule has 0 radical (unpaired) electrons. The molecule has 0 N–H and O–H groups in total. The summed E-state index contributed by atoms with van der Waals surface area (Å²) < 4.78 is 0. The lowest BCUT2D eigenvalue weighted by Gasteiger charge is -2.22. The first-order chi connectivity index (χ1) is 9.56. The molecule has 1 aliphatic rings. The largest absolute Gasteiger partial charge is 0.356 e. The maximum Gasteiger partial charge on any atom is 0.290 e. The highest BCUT2D eigenvalue weighted by atomic mass is 16.6. The number of anilines is 1. The van der Waals surface area contributed by atoms with Crippen LogP contribution in [0.15, 0.2) is 12.3 Å². The Labute approximate surface area is 120 Å². The van der Waals surface area contributed by atoms with Crippen LogP contribution in [0.25, 0.3) is 0 Å². The van der Waals surface area contributed by atoms with Crippen LogP contribution < -0.4 is 4.90 Å². The summed E-state index contributed by atoms with van der Waals surface area (Å²) in [4.78, 5) is 17.0. The first-order valence-corrected chi connectivity index (χ1v) is 7.42. The fraction of sp³-hybridized carbons (Fsp3) is 0.667. The van der Waals surface area contributed by atoms with E-state index in [1.807, 2.05) is 6.07 Å². The van der Waals surface area contributed by atoms with Gasteiger partial charge in [0.05, 0.1) is 4.92 Å². The minimum atomic E-state index is -0.372. The van der Waals surface area contributed by atoms with Crippen LogP contribution in [0.1, 0.15) is 38.7 Å². The number of nitro groups is 1. The molecule has 1 aromatic heterocycles. The van der Waals surface area contributed by atoms with Gasteiger partial charge in [0.2, 0.25) is 0 Å². The summed E-state index contributed by atoms with van der Waals surface area (Å²) >= 11 is 0. The summed E-state index contributed by atoms with van der Waals surface area (Å²) in [6, 6.07) is 1.84. The molecule has 1 atom stereocenters. The second-order valence-electron chi connectivity index (χ2n) is 5.66. The number of hydrogen-bond acceptors (Lipinski definition) is 4. The normalized spacial score (nSPS) is 18.8. The molecule has 1 aliphatic heterocycles. The summed E-state index contributed by atoms with van der Waals surface area (Å²) in [5.41, 5.74) is 0.787. The maximum absolute atomic E-state index is 10.8.